The number of nitrogens with zero attached hydrogens (tertiary/aromatic N) is 2. The Bertz CT molecular complexity index is 863. The van der Waals surface area contributed by atoms with Crippen LogP contribution in [0.3, 0.4) is 0 Å². The smallest absolute Gasteiger partial charge is 0.407 e. The third-order valence-electron chi connectivity index (χ3n) is 4.34. The average Bonchev–Trinajstić information content (AvgIpc) is 3.00. The van der Waals surface area contributed by atoms with Crippen LogP contribution in [-0.2, 0) is 16.0 Å². The number of fused-ring (bicyclic) bond motifs is 1. The molecule has 0 aliphatic carbocycles. The van der Waals surface area contributed by atoms with E-state index in [-0.39, 0.29) is 0 Å². The number of rotatable bonds is 4. The molecule has 0 spiro atoms. The highest BCUT2D eigenvalue weighted by Gasteiger charge is 2.25. The van der Waals surface area contributed by atoms with E-state index in [1.54, 1.807) is 0 Å². The monoisotopic (exact) mass is 367 g/mol. The maximum atomic E-state index is 12.1. The Labute approximate surface area is 156 Å². The van der Waals surface area contributed by atoms with E-state index in [9.17, 15) is 4.79 Å². The lowest BCUT2D eigenvalue weighted by molar-refractivity contribution is 0.0379. The summed E-state index contributed by atoms with van der Waals surface area (Å²) in [5.41, 5.74) is 2.55. The second-order valence-electron chi connectivity index (χ2n) is 6.35. The standard InChI is InChI=1S/C20H21N3O4/c24-20(21-12-15-6-2-1-3-7-15)26-16-13-23(10-11-25-14-16)19-22-17-8-4-5-9-18(17)27-19/h1-9,16H,10-14H2,(H,21,24)/t16-/m1/s1. The molecule has 1 aliphatic rings. The van der Waals surface area contributed by atoms with E-state index in [4.69, 9.17) is 13.9 Å². The molecule has 0 saturated carbocycles. The van der Waals surface area contributed by atoms with Gasteiger partial charge in [-0.15, -0.1) is 0 Å². The van der Waals surface area contributed by atoms with Crippen molar-refractivity contribution in [1.82, 2.24) is 10.3 Å². The first kappa shape index (κ1) is 17.4. The van der Waals surface area contributed by atoms with Crippen LogP contribution < -0.4 is 10.2 Å². The molecule has 1 saturated heterocycles. The first-order valence-corrected chi connectivity index (χ1v) is 8.94. The predicted molar refractivity (Wildman–Crippen MR) is 101 cm³/mol. The van der Waals surface area contributed by atoms with Crippen molar-refractivity contribution < 1.29 is 18.7 Å². The maximum Gasteiger partial charge on any atom is 0.407 e. The summed E-state index contributed by atoms with van der Waals surface area (Å²) in [7, 11) is 0. The molecule has 0 radical (unpaired) electrons. The summed E-state index contributed by atoms with van der Waals surface area (Å²) in [6.45, 7) is 2.37. The topological polar surface area (TPSA) is 76.8 Å². The van der Waals surface area contributed by atoms with E-state index < -0.39 is 12.2 Å². The number of aromatic nitrogens is 1. The van der Waals surface area contributed by atoms with Crippen LogP contribution in [0.15, 0.2) is 59.0 Å². The Balaban J connectivity index is 1.37. The molecule has 7 heteroatoms. The first-order valence-electron chi connectivity index (χ1n) is 8.94. The van der Waals surface area contributed by atoms with Crippen molar-refractivity contribution in [3.8, 4) is 0 Å². The van der Waals surface area contributed by atoms with E-state index in [2.05, 4.69) is 10.3 Å². The summed E-state index contributed by atoms with van der Waals surface area (Å²) in [4.78, 5) is 18.6. The normalized spacial score (nSPS) is 17.5. The Hall–Kier alpha value is -3.06. The number of oxazole rings is 1. The van der Waals surface area contributed by atoms with Gasteiger partial charge >= 0.3 is 6.09 Å². The summed E-state index contributed by atoms with van der Waals surface area (Å²) in [6.07, 6.45) is -0.870. The van der Waals surface area contributed by atoms with Crippen LogP contribution in [0.25, 0.3) is 11.1 Å². The number of ether oxygens (including phenoxy) is 2. The summed E-state index contributed by atoms with van der Waals surface area (Å²) < 4.78 is 16.9. The fourth-order valence-corrected chi connectivity index (χ4v) is 2.98. The van der Waals surface area contributed by atoms with E-state index in [0.29, 0.717) is 38.9 Å². The van der Waals surface area contributed by atoms with Crippen molar-refractivity contribution in [3.05, 3.63) is 60.2 Å². The van der Waals surface area contributed by atoms with Gasteiger partial charge in [-0.05, 0) is 17.7 Å². The second kappa shape index (κ2) is 8.09. The third-order valence-corrected chi connectivity index (χ3v) is 4.34. The summed E-state index contributed by atoms with van der Waals surface area (Å²) in [6, 6.07) is 17.8. The molecule has 140 valence electrons. The SMILES string of the molecule is O=C(NCc1ccccc1)O[C@H]1COCCN(c2nc3ccccc3o2)C1. The Morgan fingerprint density at radius 1 is 1.19 bits per heavy atom. The Morgan fingerprint density at radius 2 is 2.00 bits per heavy atom. The number of hydrogen-bond acceptors (Lipinski definition) is 6. The van der Waals surface area contributed by atoms with Crippen molar-refractivity contribution in [2.75, 3.05) is 31.2 Å². The van der Waals surface area contributed by atoms with Crippen molar-refractivity contribution in [1.29, 1.82) is 0 Å². The van der Waals surface area contributed by atoms with Crippen molar-refractivity contribution in [2.45, 2.75) is 12.6 Å². The quantitative estimate of drug-likeness (QED) is 0.764. The van der Waals surface area contributed by atoms with Gasteiger partial charge < -0.3 is 24.1 Å². The molecular formula is C20H21N3O4. The molecule has 1 amide bonds. The Morgan fingerprint density at radius 3 is 2.85 bits per heavy atom. The molecule has 1 atom stereocenters. The highest BCUT2D eigenvalue weighted by atomic mass is 16.6. The van der Waals surface area contributed by atoms with Crippen LogP contribution in [0, 0.1) is 0 Å². The zero-order valence-corrected chi connectivity index (χ0v) is 14.8. The number of hydrogen-bond donors (Lipinski definition) is 1. The van der Waals surface area contributed by atoms with Crippen LogP contribution in [0.2, 0.25) is 0 Å². The Kier molecular flexibility index (Phi) is 5.20. The number of alkyl carbamates (subject to hydrolysis) is 1. The van der Waals surface area contributed by atoms with Crippen LogP contribution in [0.5, 0.6) is 0 Å². The minimum atomic E-state index is -0.466. The highest BCUT2D eigenvalue weighted by Crippen LogP contribution is 2.22. The zero-order chi connectivity index (χ0) is 18.5. The van der Waals surface area contributed by atoms with E-state index in [0.717, 1.165) is 16.7 Å². The largest absolute Gasteiger partial charge is 0.442 e. The number of amides is 1. The van der Waals surface area contributed by atoms with E-state index >= 15 is 0 Å². The molecular weight excluding hydrogens is 346 g/mol. The third kappa shape index (κ3) is 4.38. The average molecular weight is 367 g/mol. The molecule has 0 bridgehead atoms. The van der Waals surface area contributed by atoms with Gasteiger partial charge in [0.05, 0.1) is 19.8 Å². The van der Waals surface area contributed by atoms with E-state index in [1.165, 1.54) is 0 Å². The lowest BCUT2D eigenvalue weighted by Crippen LogP contribution is -2.38. The number of carbonyl (C=O) groups excluding carboxylic acids is 1. The molecule has 3 aromatic rings. The fourth-order valence-electron chi connectivity index (χ4n) is 2.98. The zero-order valence-electron chi connectivity index (χ0n) is 14.8. The maximum absolute atomic E-state index is 12.1. The van der Waals surface area contributed by atoms with Crippen LogP contribution in [0.1, 0.15) is 5.56 Å². The summed E-state index contributed by atoms with van der Waals surface area (Å²) in [5.74, 6) is 0. The first-order chi connectivity index (χ1) is 13.3. The number of carbonyl (C=O) groups is 1. The molecule has 2 aromatic carbocycles. The number of para-hydroxylation sites is 2. The van der Waals surface area contributed by atoms with E-state index in [1.807, 2.05) is 59.5 Å². The summed E-state index contributed by atoms with van der Waals surface area (Å²) >= 11 is 0. The molecule has 27 heavy (non-hydrogen) atoms. The van der Waals surface area contributed by atoms with Crippen molar-refractivity contribution in [2.24, 2.45) is 0 Å². The van der Waals surface area contributed by atoms with Gasteiger partial charge in [-0.1, -0.05) is 42.5 Å². The van der Waals surface area contributed by atoms with Gasteiger partial charge in [0.15, 0.2) is 5.58 Å². The van der Waals surface area contributed by atoms with Crippen LogP contribution >= 0.6 is 0 Å². The van der Waals surface area contributed by atoms with Gasteiger partial charge in [0.1, 0.15) is 11.6 Å². The number of anilines is 1. The number of benzene rings is 2. The molecule has 0 unspecified atom stereocenters. The van der Waals surface area contributed by atoms with Gasteiger partial charge in [0, 0.05) is 13.1 Å². The molecule has 1 fully saturated rings. The molecule has 1 N–H and O–H groups in total. The fraction of sp³-hybridized carbons (Fsp3) is 0.300. The lowest BCUT2D eigenvalue weighted by atomic mass is 10.2. The van der Waals surface area contributed by atoms with Gasteiger partial charge in [0.2, 0.25) is 0 Å². The van der Waals surface area contributed by atoms with Gasteiger partial charge in [0.25, 0.3) is 6.01 Å². The lowest BCUT2D eigenvalue weighted by Gasteiger charge is -2.22. The highest BCUT2D eigenvalue weighted by molar-refractivity contribution is 5.74. The molecule has 2 heterocycles. The molecule has 4 rings (SSSR count). The minimum Gasteiger partial charge on any atom is -0.442 e. The summed E-state index contributed by atoms with van der Waals surface area (Å²) in [5, 5.41) is 2.77. The van der Waals surface area contributed by atoms with Crippen LogP contribution in [-0.4, -0.2) is 43.5 Å². The van der Waals surface area contributed by atoms with Crippen molar-refractivity contribution in [3.63, 3.8) is 0 Å². The molecule has 1 aliphatic heterocycles. The predicted octanol–water partition coefficient (Wildman–Crippen LogP) is 2.96. The van der Waals surface area contributed by atoms with Gasteiger partial charge in [-0.25, -0.2) is 4.79 Å². The molecule has 1 aromatic heterocycles. The van der Waals surface area contributed by atoms with Crippen molar-refractivity contribution >= 4 is 23.2 Å². The van der Waals surface area contributed by atoms with Gasteiger partial charge in [-0.3, -0.25) is 0 Å². The molecule has 7 nitrogen and oxygen atoms in total. The number of nitrogens with one attached hydrogen (secondary N) is 1. The second-order valence-corrected chi connectivity index (χ2v) is 6.35. The van der Waals surface area contributed by atoms with Gasteiger partial charge in [-0.2, -0.15) is 4.98 Å². The van der Waals surface area contributed by atoms with Crippen LogP contribution in [0.4, 0.5) is 10.8 Å². The minimum absolute atomic E-state index is 0.343.